The fourth-order valence-corrected chi connectivity index (χ4v) is 4.62. The van der Waals surface area contributed by atoms with Crippen molar-refractivity contribution in [3.63, 3.8) is 0 Å². The Morgan fingerprint density at radius 1 is 1.00 bits per heavy atom. The van der Waals surface area contributed by atoms with Crippen molar-refractivity contribution in [2.24, 2.45) is 0 Å². The Kier molecular flexibility index (Phi) is 4.36. The van der Waals surface area contributed by atoms with Crippen LogP contribution >= 0.6 is 0 Å². The summed E-state index contributed by atoms with van der Waals surface area (Å²) in [6, 6.07) is 18.1. The summed E-state index contributed by atoms with van der Waals surface area (Å²) in [4.78, 5) is 13.7. The quantitative estimate of drug-likeness (QED) is 0.748. The van der Waals surface area contributed by atoms with Crippen LogP contribution < -0.4 is 9.62 Å². The maximum Gasteiger partial charge on any atom is 0.261 e. The van der Waals surface area contributed by atoms with Gasteiger partial charge in [-0.25, -0.2) is 8.42 Å². The van der Waals surface area contributed by atoms with E-state index in [1.165, 1.54) is 0 Å². The maximum atomic E-state index is 12.8. The second-order valence-electron chi connectivity index (χ2n) is 6.73. The Balaban J connectivity index is 1.65. The van der Waals surface area contributed by atoms with Crippen molar-refractivity contribution in [2.75, 3.05) is 16.2 Å². The molecule has 0 spiro atoms. The van der Waals surface area contributed by atoms with Crippen molar-refractivity contribution in [3.05, 3.63) is 66.2 Å². The minimum absolute atomic E-state index is 0.000411. The third kappa shape index (κ3) is 3.40. The van der Waals surface area contributed by atoms with Crippen LogP contribution in [-0.2, 0) is 21.2 Å². The largest absolute Gasteiger partial charge is 0.312 e. The van der Waals surface area contributed by atoms with Crippen LogP contribution in [0.2, 0.25) is 0 Å². The van der Waals surface area contributed by atoms with Gasteiger partial charge in [-0.05, 0) is 59.5 Å². The first-order valence-electron chi connectivity index (χ1n) is 8.87. The van der Waals surface area contributed by atoms with Gasteiger partial charge in [0, 0.05) is 24.8 Å². The molecule has 6 heteroatoms. The number of anilines is 2. The summed E-state index contributed by atoms with van der Waals surface area (Å²) < 4.78 is 28.3. The topological polar surface area (TPSA) is 66.5 Å². The maximum absolute atomic E-state index is 12.8. The molecule has 0 aromatic heterocycles. The summed E-state index contributed by atoms with van der Waals surface area (Å²) >= 11 is 0. The molecular formula is C21H20N2O3S. The van der Waals surface area contributed by atoms with Crippen LogP contribution in [0.5, 0.6) is 0 Å². The highest BCUT2D eigenvalue weighted by Gasteiger charge is 2.21. The number of sulfonamides is 1. The molecular weight excluding hydrogens is 360 g/mol. The van der Waals surface area contributed by atoms with Crippen LogP contribution in [0.3, 0.4) is 0 Å². The normalized spacial score (nSPS) is 14.0. The molecule has 1 heterocycles. The van der Waals surface area contributed by atoms with Crippen molar-refractivity contribution in [1.82, 2.24) is 0 Å². The van der Waals surface area contributed by atoms with Gasteiger partial charge >= 0.3 is 0 Å². The Labute approximate surface area is 158 Å². The van der Waals surface area contributed by atoms with Gasteiger partial charge in [-0.2, -0.15) is 0 Å². The van der Waals surface area contributed by atoms with Gasteiger partial charge in [0.15, 0.2) is 0 Å². The molecule has 1 aliphatic heterocycles. The SMILES string of the molecule is CC(=O)N1CCCc2cc(NS(=O)(=O)c3ccc4ccccc4c3)ccc21. The summed E-state index contributed by atoms with van der Waals surface area (Å²) in [5, 5.41) is 1.87. The van der Waals surface area contributed by atoms with Crippen LogP contribution in [0.4, 0.5) is 11.4 Å². The Bertz CT molecular complexity index is 1140. The van der Waals surface area contributed by atoms with E-state index in [-0.39, 0.29) is 10.8 Å². The lowest BCUT2D eigenvalue weighted by Crippen LogP contribution is -2.33. The summed E-state index contributed by atoms with van der Waals surface area (Å²) in [6.07, 6.45) is 1.69. The Morgan fingerprint density at radius 2 is 1.78 bits per heavy atom. The second-order valence-corrected chi connectivity index (χ2v) is 8.41. The third-order valence-corrected chi connectivity index (χ3v) is 6.24. The van der Waals surface area contributed by atoms with Gasteiger partial charge in [-0.15, -0.1) is 0 Å². The third-order valence-electron chi connectivity index (χ3n) is 4.86. The minimum atomic E-state index is -3.69. The lowest BCUT2D eigenvalue weighted by atomic mass is 10.0. The van der Waals surface area contributed by atoms with E-state index >= 15 is 0 Å². The van der Waals surface area contributed by atoms with Crippen LogP contribution in [0, 0.1) is 0 Å². The first-order valence-corrected chi connectivity index (χ1v) is 10.3. The number of amides is 1. The highest BCUT2D eigenvalue weighted by atomic mass is 32.2. The van der Waals surface area contributed by atoms with E-state index in [0.29, 0.717) is 12.2 Å². The van der Waals surface area contributed by atoms with Gasteiger partial charge in [0.2, 0.25) is 5.91 Å². The molecule has 27 heavy (non-hydrogen) atoms. The number of nitrogens with one attached hydrogen (secondary N) is 1. The zero-order valence-electron chi connectivity index (χ0n) is 15.0. The molecule has 0 saturated heterocycles. The number of nitrogens with zero attached hydrogens (tertiary/aromatic N) is 1. The molecule has 1 amide bonds. The standard InChI is InChI=1S/C21H20N2O3S/c1-15(24)23-12-4-7-18-13-19(9-11-21(18)23)22-27(25,26)20-10-8-16-5-2-3-6-17(16)14-20/h2-3,5-6,8-11,13-14,22H,4,7,12H2,1H3. The van der Waals surface area contributed by atoms with E-state index in [1.54, 1.807) is 30.0 Å². The van der Waals surface area contributed by atoms with Crippen molar-refractivity contribution in [3.8, 4) is 0 Å². The van der Waals surface area contributed by atoms with Crippen molar-refractivity contribution >= 4 is 38.1 Å². The van der Waals surface area contributed by atoms with E-state index in [0.717, 1.165) is 34.9 Å². The van der Waals surface area contributed by atoms with E-state index in [9.17, 15) is 13.2 Å². The van der Waals surface area contributed by atoms with Gasteiger partial charge in [-0.1, -0.05) is 30.3 Å². The predicted molar refractivity (Wildman–Crippen MR) is 108 cm³/mol. The molecule has 0 bridgehead atoms. The van der Waals surface area contributed by atoms with E-state index in [4.69, 9.17) is 0 Å². The fourth-order valence-electron chi connectivity index (χ4n) is 3.54. The molecule has 0 fully saturated rings. The number of carbonyl (C=O) groups is 1. The molecule has 0 unspecified atom stereocenters. The van der Waals surface area contributed by atoms with Crippen LogP contribution in [0.1, 0.15) is 18.9 Å². The molecule has 3 aromatic rings. The summed E-state index contributed by atoms with van der Waals surface area (Å²) in [7, 11) is -3.69. The van der Waals surface area contributed by atoms with Gasteiger partial charge in [-0.3, -0.25) is 9.52 Å². The highest BCUT2D eigenvalue weighted by molar-refractivity contribution is 7.92. The van der Waals surface area contributed by atoms with E-state index in [2.05, 4.69) is 4.72 Å². The van der Waals surface area contributed by atoms with Crippen LogP contribution in [0.15, 0.2) is 65.6 Å². The van der Waals surface area contributed by atoms with E-state index < -0.39 is 10.0 Å². The van der Waals surface area contributed by atoms with Crippen LogP contribution in [-0.4, -0.2) is 20.9 Å². The Hall–Kier alpha value is -2.86. The molecule has 5 nitrogen and oxygen atoms in total. The number of fused-ring (bicyclic) bond motifs is 2. The molecule has 0 atom stereocenters. The van der Waals surface area contributed by atoms with Gasteiger partial charge in [0.05, 0.1) is 4.90 Å². The zero-order chi connectivity index (χ0) is 19.0. The van der Waals surface area contributed by atoms with Gasteiger partial charge < -0.3 is 4.90 Å². The van der Waals surface area contributed by atoms with Crippen LogP contribution in [0.25, 0.3) is 10.8 Å². The number of rotatable bonds is 3. The molecule has 0 aliphatic carbocycles. The predicted octanol–water partition coefficient (Wildman–Crippen LogP) is 3.94. The number of aryl methyl sites for hydroxylation is 1. The highest BCUT2D eigenvalue weighted by Crippen LogP contribution is 2.31. The zero-order valence-corrected chi connectivity index (χ0v) is 15.8. The lowest BCUT2D eigenvalue weighted by Gasteiger charge is -2.29. The van der Waals surface area contributed by atoms with Crippen molar-refractivity contribution in [2.45, 2.75) is 24.7 Å². The number of carbonyl (C=O) groups excluding carboxylic acids is 1. The molecule has 0 saturated carbocycles. The number of hydrogen-bond donors (Lipinski definition) is 1. The monoisotopic (exact) mass is 380 g/mol. The molecule has 1 aliphatic rings. The summed E-state index contributed by atoms with van der Waals surface area (Å²) in [5.74, 6) is 0.000411. The van der Waals surface area contributed by atoms with E-state index in [1.807, 2.05) is 42.5 Å². The Morgan fingerprint density at radius 3 is 2.56 bits per heavy atom. The van der Waals surface area contributed by atoms with Crippen molar-refractivity contribution in [1.29, 1.82) is 0 Å². The second kappa shape index (κ2) is 6.70. The van der Waals surface area contributed by atoms with Crippen molar-refractivity contribution < 1.29 is 13.2 Å². The minimum Gasteiger partial charge on any atom is -0.312 e. The molecule has 4 rings (SSSR count). The first-order chi connectivity index (χ1) is 12.9. The van der Waals surface area contributed by atoms with Gasteiger partial charge in [0.1, 0.15) is 0 Å². The number of benzene rings is 3. The summed E-state index contributed by atoms with van der Waals surface area (Å²) in [5.41, 5.74) is 2.35. The lowest BCUT2D eigenvalue weighted by molar-refractivity contribution is -0.116. The average Bonchev–Trinajstić information content (AvgIpc) is 2.66. The molecule has 0 radical (unpaired) electrons. The number of hydrogen-bond acceptors (Lipinski definition) is 3. The first kappa shape index (κ1) is 17.5. The molecule has 138 valence electrons. The summed E-state index contributed by atoms with van der Waals surface area (Å²) in [6.45, 7) is 2.25. The molecule has 1 N–H and O–H groups in total. The van der Waals surface area contributed by atoms with Gasteiger partial charge in [0.25, 0.3) is 10.0 Å². The fraction of sp³-hybridized carbons (Fsp3) is 0.190. The molecule has 3 aromatic carbocycles. The average molecular weight is 380 g/mol. The smallest absolute Gasteiger partial charge is 0.261 e.